The summed E-state index contributed by atoms with van der Waals surface area (Å²) in [6, 6.07) is 13.8. The summed E-state index contributed by atoms with van der Waals surface area (Å²) in [4.78, 5) is 21.6. The molecule has 0 saturated carbocycles. The van der Waals surface area contributed by atoms with E-state index in [1.165, 1.54) is 0 Å². The van der Waals surface area contributed by atoms with Gasteiger partial charge in [0, 0.05) is 38.4 Å². The summed E-state index contributed by atoms with van der Waals surface area (Å²) in [6.45, 7) is 0.312. The molecule has 0 spiro atoms. The van der Waals surface area contributed by atoms with E-state index in [0.29, 0.717) is 38.1 Å². The maximum atomic E-state index is 13.4. The smallest absolute Gasteiger partial charge is 0.299 e. The van der Waals surface area contributed by atoms with Crippen molar-refractivity contribution in [3.63, 3.8) is 0 Å². The molecule has 0 aliphatic heterocycles. The van der Waals surface area contributed by atoms with Crippen LogP contribution in [0.25, 0.3) is 22.3 Å². The quantitative estimate of drug-likeness (QED) is 0.235. The van der Waals surface area contributed by atoms with Crippen LogP contribution in [0.1, 0.15) is 21.8 Å². The highest BCUT2D eigenvalue weighted by Crippen LogP contribution is 2.35. The van der Waals surface area contributed by atoms with Crippen molar-refractivity contribution in [1.82, 2.24) is 19.7 Å². The average molecular weight is 518 g/mol. The molecule has 3 heterocycles. The van der Waals surface area contributed by atoms with Gasteiger partial charge in [-0.15, -0.1) is 0 Å². The van der Waals surface area contributed by atoms with Gasteiger partial charge in [0.05, 0.1) is 17.6 Å². The van der Waals surface area contributed by atoms with Crippen molar-refractivity contribution in [2.75, 3.05) is 0 Å². The molecule has 33 heavy (non-hydrogen) atoms. The number of fused-ring (bicyclic) bond motifs is 1. The van der Waals surface area contributed by atoms with Crippen molar-refractivity contribution < 1.29 is 9.32 Å². The van der Waals surface area contributed by atoms with Crippen molar-refractivity contribution in [3.8, 4) is 11.4 Å². The van der Waals surface area contributed by atoms with Gasteiger partial charge in [0.2, 0.25) is 5.82 Å². The maximum absolute atomic E-state index is 13.4. The van der Waals surface area contributed by atoms with Crippen molar-refractivity contribution >= 4 is 63.1 Å². The minimum Gasteiger partial charge on any atom is -0.330 e. The van der Waals surface area contributed by atoms with Crippen molar-refractivity contribution in [1.29, 1.82) is 0 Å². The number of carbonyl (C=O) groups excluding carboxylic acids is 1. The fourth-order valence-electron chi connectivity index (χ4n) is 3.53. The summed E-state index contributed by atoms with van der Waals surface area (Å²) in [5.74, 6) is -0.431. The molecule has 3 aromatic heterocycles. The Hall–Kier alpha value is -2.90. The number of nitrogens with zero attached hydrogens (tertiary/aromatic N) is 4. The van der Waals surface area contributed by atoms with Crippen LogP contribution < -0.4 is 0 Å². The molecule has 0 aliphatic carbocycles. The van der Waals surface area contributed by atoms with Crippen molar-refractivity contribution in [3.05, 3.63) is 98.2 Å². The van der Waals surface area contributed by atoms with Gasteiger partial charge < -0.3 is 9.09 Å². The van der Waals surface area contributed by atoms with Gasteiger partial charge in [0.25, 0.3) is 11.7 Å². The van der Waals surface area contributed by atoms with Crippen LogP contribution in [0.15, 0.2) is 65.4 Å². The van der Waals surface area contributed by atoms with Crippen LogP contribution in [0.5, 0.6) is 0 Å². The van der Waals surface area contributed by atoms with Crippen LogP contribution in [0, 0.1) is 0 Å². The predicted octanol–water partition coefficient (Wildman–Crippen LogP) is 6.98. The number of hydrogen-bond donors (Lipinski definition) is 0. The Bertz CT molecular complexity index is 1510. The highest BCUT2D eigenvalue weighted by molar-refractivity contribution is 6.38. The van der Waals surface area contributed by atoms with E-state index in [9.17, 15) is 4.79 Å². The summed E-state index contributed by atoms with van der Waals surface area (Å²) >= 11 is 25.4. The lowest BCUT2D eigenvalue weighted by molar-refractivity contribution is 0.0995. The normalized spacial score (nSPS) is 11.3. The molecule has 0 bridgehead atoms. The van der Waals surface area contributed by atoms with Crippen molar-refractivity contribution in [2.45, 2.75) is 6.54 Å². The molecule has 5 aromatic rings. The summed E-state index contributed by atoms with van der Waals surface area (Å²) in [6.07, 6.45) is 3.20. The van der Waals surface area contributed by atoms with E-state index in [-0.39, 0.29) is 22.4 Å². The van der Waals surface area contributed by atoms with Crippen LogP contribution >= 0.6 is 46.4 Å². The highest BCUT2D eigenvalue weighted by Gasteiger charge is 2.27. The summed E-state index contributed by atoms with van der Waals surface area (Å²) in [5.41, 5.74) is 2.37. The number of aromatic nitrogens is 4. The molecule has 0 atom stereocenters. The van der Waals surface area contributed by atoms with Gasteiger partial charge >= 0.3 is 0 Å². The Kier molecular flexibility index (Phi) is 5.85. The first-order valence-electron chi connectivity index (χ1n) is 9.62. The lowest BCUT2D eigenvalue weighted by atomic mass is 10.1. The molecule has 0 radical (unpaired) electrons. The third kappa shape index (κ3) is 4.11. The SMILES string of the molecule is O=C(c1nc(-c2ccncc2)no1)c1c(Cl)n(Cc2ccc(Cl)cc2Cl)c2ccc(Cl)cc12. The fourth-order valence-corrected chi connectivity index (χ4v) is 4.51. The van der Waals surface area contributed by atoms with E-state index < -0.39 is 5.78 Å². The topological polar surface area (TPSA) is 73.8 Å². The number of carbonyl (C=O) groups is 1. The van der Waals surface area contributed by atoms with Crippen molar-refractivity contribution in [2.24, 2.45) is 0 Å². The van der Waals surface area contributed by atoms with E-state index in [2.05, 4.69) is 15.1 Å². The molecule has 10 heteroatoms. The Balaban J connectivity index is 1.61. The second kappa shape index (κ2) is 8.80. The number of ketones is 1. The van der Waals surface area contributed by atoms with Crippen LogP contribution in [-0.2, 0) is 6.54 Å². The second-order valence-electron chi connectivity index (χ2n) is 7.14. The van der Waals surface area contributed by atoms with Crippen LogP contribution in [0.2, 0.25) is 20.2 Å². The standard InChI is InChI=1S/C23H12Cl4N4O2/c24-14-3-4-18-16(9-14)19(21(27)31(18)11-13-1-2-15(25)10-17(13)26)20(32)23-29-22(30-33-23)12-5-7-28-8-6-12/h1-10H,11H2. The summed E-state index contributed by atoms with van der Waals surface area (Å²) < 4.78 is 7.04. The predicted molar refractivity (Wildman–Crippen MR) is 128 cm³/mol. The van der Waals surface area contributed by atoms with Gasteiger partial charge in [-0.2, -0.15) is 4.98 Å². The molecule has 5 rings (SSSR count). The molecule has 0 unspecified atom stereocenters. The zero-order valence-corrected chi connectivity index (χ0v) is 19.6. The highest BCUT2D eigenvalue weighted by atomic mass is 35.5. The number of benzene rings is 2. The zero-order chi connectivity index (χ0) is 23.1. The first kappa shape index (κ1) is 21.9. The van der Waals surface area contributed by atoms with E-state index in [0.717, 1.165) is 5.56 Å². The molecule has 164 valence electrons. The van der Waals surface area contributed by atoms with E-state index in [4.69, 9.17) is 50.9 Å². The molecular weight excluding hydrogens is 506 g/mol. The van der Waals surface area contributed by atoms with E-state index in [1.54, 1.807) is 59.4 Å². The molecule has 2 aromatic carbocycles. The fraction of sp³-hybridized carbons (Fsp3) is 0.0435. The average Bonchev–Trinajstić information content (AvgIpc) is 3.39. The molecule has 0 N–H and O–H groups in total. The van der Waals surface area contributed by atoms with Gasteiger partial charge in [-0.3, -0.25) is 9.78 Å². The van der Waals surface area contributed by atoms with Gasteiger partial charge in [-0.25, -0.2) is 0 Å². The molecule has 0 fully saturated rings. The Morgan fingerprint density at radius 3 is 2.42 bits per heavy atom. The van der Waals surface area contributed by atoms with E-state index in [1.807, 2.05) is 6.07 Å². The first-order valence-corrected chi connectivity index (χ1v) is 11.1. The van der Waals surface area contributed by atoms with Gasteiger partial charge in [0.1, 0.15) is 5.15 Å². The molecule has 6 nitrogen and oxygen atoms in total. The number of hydrogen-bond acceptors (Lipinski definition) is 5. The monoisotopic (exact) mass is 516 g/mol. The minimum absolute atomic E-state index is 0.188. The van der Waals surface area contributed by atoms with Gasteiger partial charge in [0.15, 0.2) is 0 Å². The molecular formula is C23H12Cl4N4O2. The third-order valence-corrected chi connectivity index (χ3v) is 6.31. The lowest BCUT2D eigenvalue weighted by Gasteiger charge is -2.09. The minimum atomic E-state index is -0.513. The second-order valence-corrected chi connectivity index (χ2v) is 8.78. The Labute approximate surface area is 207 Å². The number of rotatable bonds is 5. The molecule has 0 aliphatic rings. The number of halogens is 4. The Morgan fingerprint density at radius 2 is 1.67 bits per heavy atom. The third-order valence-electron chi connectivity index (χ3n) is 5.09. The van der Waals surface area contributed by atoms with Crippen LogP contribution in [-0.4, -0.2) is 25.5 Å². The molecule has 0 amide bonds. The Morgan fingerprint density at radius 1 is 0.939 bits per heavy atom. The maximum Gasteiger partial charge on any atom is 0.299 e. The summed E-state index contributed by atoms with van der Waals surface area (Å²) in [7, 11) is 0. The lowest BCUT2D eigenvalue weighted by Crippen LogP contribution is -2.04. The van der Waals surface area contributed by atoms with Gasteiger partial charge in [-0.1, -0.05) is 57.6 Å². The number of pyridine rings is 1. The largest absolute Gasteiger partial charge is 0.330 e. The zero-order valence-electron chi connectivity index (χ0n) is 16.6. The summed E-state index contributed by atoms with van der Waals surface area (Å²) in [5, 5.41) is 6.14. The van der Waals surface area contributed by atoms with Crippen LogP contribution in [0.4, 0.5) is 0 Å². The van der Waals surface area contributed by atoms with E-state index >= 15 is 0 Å². The first-order chi connectivity index (χ1) is 15.9. The van der Waals surface area contributed by atoms with Gasteiger partial charge in [-0.05, 0) is 48.0 Å². The molecule has 0 saturated heterocycles. The van der Waals surface area contributed by atoms with Crippen LogP contribution in [0.3, 0.4) is 0 Å².